The SMILES string of the molecule is CCC=CC=C(C)C(C)(C)[O]. The maximum absolute atomic E-state index is 11.3. The molecule has 0 amide bonds. The van der Waals surface area contributed by atoms with Gasteiger partial charge in [-0.2, -0.15) is 0 Å². The third-order valence-electron chi connectivity index (χ3n) is 1.67. The molecule has 63 valence electrons. The fraction of sp³-hybridized carbons (Fsp3) is 0.600. The lowest BCUT2D eigenvalue weighted by molar-refractivity contribution is 0.0380. The van der Waals surface area contributed by atoms with Gasteiger partial charge in [-0.05, 0) is 32.8 Å². The molecule has 0 bridgehead atoms. The first-order chi connectivity index (χ1) is 4.98. The van der Waals surface area contributed by atoms with Gasteiger partial charge in [-0.3, -0.25) is 0 Å². The average Bonchev–Trinajstić information content (AvgIpc) is 1.86. The quantitative estimate of drug-likeness (QED) is 0.555. The molecule has 0 aliphatic carbocycles. The van der Waals surface area contributed by atoms with Crippen LogP contribution in [0.3, 0.4) is 0 Å². The van der Waals surface area contributed by atoms with Crippen LogP contribution in [0.2, 0.25) is 0 Å². The maximum Gasteiger partial charge on any atom is 0.119 e. The first kappa shape index (κ1) is 10.4. The van der Waals surface area contributed by atoms with E-state index in [1.54, 1.807) is 13.8 Å². The van der Waals surface area contributed by atoms with E-state index in [0.29, 0.717) is 0 Å². The molecule has 0 spiro atoms. The Hall–Kier alpha value is -0.560. The van der Waals surface area contributed by atoms with Crippen molar-refractivity contribution in [2.24, 2.45) is 0 Å². The summed E-state index contributed by atoms with van der Waals surface area (Å²) in [5.41, 5.74) is -0.0554. The highest BCUT2D eigenvalue weighted by atomic mass is 16.3. The Kier molecular flexibility index (Phi) is 4.12. The second-order valence-corrected chi connectivity index (χ2v) is 3.20. The fourth-order valence-corrected chi connectivity index (χ4v) is 0.549. The van der Waals surface area contributed by atoms with Crippen molar-refractivity contribution in [1.29, 1.82) is 0 Å². The van der Waals surface area contributed by atoms with Crippen molar-refractivity contribution in [2.45, 2.75) is 39.7 Å². The zero-order valence-electron chi connectivity index (χ0n) is 7.85. The van der Waals surface area contributed by atoms with Gasteiger partial charge in [-0.25, -0.2) is 5.11 Å². The van der Waals surface area contributed by atoms with E-state index in [2.05, 4.69) is 6.92 Å². The number of hydrogen-bond acceptors (Lipinski definition) is 0. The summed E-state index contributed by atoms with van der Waals surface area (Å²) in [5, 5.41) is 11.3. The first-order valence-corrected chi connectivity index (χ1v) is 4.02. The third kappa shape index (κ3) is 4.79. The maximum atomic E-state index is 11.3. The first-order valence-electron chi connectivity index (χ1n) is 4.02. The lowest BCUT2D eigenvalue weighted by atomic mass is 10.00. The molecule has 1 heteroatoms. The molecule has 0 N–H and O–H groups in total. The minimum absolute atomic E-state index is 0.877. The van der Waals surface area contributed by atoms with E-state index >= 15 is 0 Å². The summed E-state index contributed by atoms with van der Waals surface area (Å²) >= 11 is 0. The van der Waals surface area contributed by atoms with Crippen LogP contribution in [0, 0.1) is 0 Å². The van der Waals surface area contributed by atoms with E-state index in [1.807, 2.05) is 25.2 Å². The molecule has 1 nitrogen and oxygen atoms in total. The lowest BCUT2D eigenvalue weighted by Crippen LogP contribution is -2.17. The number of rotatable bonds is 3. The molecule has 0 unspecified atom stereocenters. The van der Waals surface area contributed by atoms with Crippen LogP contribution in [0.15, 0.2) is 23.8 Å². The van der Waals surface area contributed by atoms with Crippen molar-refractivity contribution in [3.8, 4) is 0 Å². The summed E-state index contributed by atoms with van der Waals surface area (Å²) in [6.45, 7) is 7.30. The minimum Gasteiger partial charge on any atom is -0.225 e. The van der Waals surface area contributed by atoms with Crippen molar-refractivity contribution < 1.29 is 5.11 Å². The molecule has 0 rings (SSSR count). The van der Waals surface area contributed by atoms with Gasteiger partial charge in [0.1, 0.15) is 5.60 Å². The molecule has 0 heterocycles. The second kappa shape index (κ2) is 4.35. The molecule has 0 saturated carbocycles. The van der Waals surface area contributed by atoms with Crippen molar-refractivity contribution in [3.63, 3.8) is 0 Å². The monoisotopic (exact) mass is 153 g/mol. The van der Waals surface area contributed by atoms with Crippen LogP contribution in [0.25, 0.3) is 0 Å². The predicted molar refractivity (Wildman–Crippen MR) is 48.0 cm³/mol. The van der Waals surface area contributed by atoms with E-state index < -0.39 is 5.60 Å². The third-order valence-corrected chi connectivity index (χ3v) is 1.67. The Morgan fingerprint density at radius 1 is 1.45 bits per heavy atom. The molecule has 0 aromatic rings. The molecule has 0 aromatic carbocycles. The van der Waals surface area contributed by atoms with Crippen LogP contribution in [-0.2, 0) is 5.11 Å². The van der Waals surface area contributed by atoms with Crippen LogP contribution in [0.4, 0.5) is 0 Å². The van der Waals surface area contributed by atoms with E-state index in [-0.39, 0.29) is 0 Å². The van der Waals surface area contributed by atoms with Gasteiger partial charge < -0.3 is 0 Å². The summed E-state index contributed by atoms with van der Waals surface area (Å²) in [6.07, 6.45) is 6.88. The van der Waals surface area contributed by atoms with Gasteiger partial charge in [0.2, 0.25) is 0 Å². The Bertz CT molecular complexity index is 158. The van der Waals surface area contributed by atoms with E-state index in [0.717, 1.165) is 12.0 Å². The van der Waals surface area contributed by atoms with Gasteiger partial charge in [0, 0.05) is 0 Å². The molecule has 11 heavy (non-hydrogen) atoms. The van der Waals surface area contributed by atoms with Crippen molar-refractivity contribution in [3.05, 3.63) is 23.8 Å². The molecule has 0 saturated heterocycles. The van der Waals surface area contributed by atoms with Gasteiger partial charge in [-0.15, -0.1) is 0 Å². The van der Waals surface area contributed by atoms with Crippen molar-refractivity contribution in [1.82, 2.24) is 0 Å². The highest BCUT2D eigenvalue weighted by Crippen LogP contribution is 2.14. The fourth-order valence-electron chi connectivity index (χ4n) is 0.549. The van der Waals surface area contributed by atoms with Crippen molar-refractivity contribution in [2.75, 3.05) is 0 Å². The highest BCUT2D eigenvalue weighted by molar-refractivity contribution is 5.17. The lowest BCUT2D eigenvalue weighted by Gasteiger charge is -2.13. The molecular formula is C10H17O. The Labute approximate surface area is 69.4 Å². The summed E-state index contributed by atoms with van der Waals surface area (Å²) in [4.78, 5) is 0. The van der Waals surface area contributed by atoms with E-state index in [1.165, 1.54) is 0 Å². The summed E-state index contributed by atoms with van der Waals surface area (Å²) in [7, 11) is 0. The zero-order valence-corrected chi connectivity index (χ0v) is 7.85. The van der Waals surface area contributed by atoms with Gasteiger partial charge in [0.05, 0.1) is 0 Å². The summed E-state index contributed by atoms with van der Waals surface area (Å²) in [6, 6.07) is 0. The number of allylic oxidation sites excluding steroid dienone is 3. The smallest absolute Gasteiger partial charge is 0.119 e. The summed E-state index contributed by atoms with van der Waals surface area (Å²) < 4.78 is 0. The predicted octanol–water partition coefficient (Wildman–Crippen LogP) is 3.11. The standard InChI is InChI=1S/C10H17O/c1-5-6-7-8-9(2)10(3,4)11/h6-8H,5H2,1-4H3. The zero-order chi connectivity index (χ0) is 8.91. The van der Waals surface area contributed by atoms with Gasteiger partial charge in [0.15, 0.2) is 0 Å². The van der Waals surface area contributed by atoms with Crippen molar-refractivity contribution >= 4 is 0 Å². The van der Waals surface area contributed by atoms with Crippen LogP contribution < -0.4 is 0 Å². The Morgan fingerprint density at radius 3 is 2.36 bits per heavy atom. The van der Waals surface area contributed by atoms with Crippen LogP contribution >= 0.6 is 0 Å². The highest BCUT2D eigenvalue weighted by Gasteiger charge is 2.16. The molecule has 0 aromatic heterocycles. The molecule has 1 radical (unpaired) electrons. The van der Waals surface area contributed by atoms with Crippen LogP contribution in [-0.4, -0.2) is 5.60 Å². The Balaban J connectivity index is 4.12. The van der Waals surface area contributed by atoms with Gasteiger partial charge in [0.25, 0.3) is 0 Å². The van der Waals surface area contributed by atoms with Crippen LogP contribution in [0.5, 0.6) is 0 Å². The molecule has 0 aliphatic heterocycles. The summed E-state index contributed by atoms with van der Waals surface area (Å²) in [5.74, 6) is 0. The topological polar surface area (TPSA) is 19.9 Å². The van der Waals surface area contributed by atoms with E-state index in [9.17, 15) is 5.11 Å². The molecular weight excluding hydrogens is 136 g/mol. The van der Waals surface area contributed by atoms with Gasteiger partial charge >= 0.3 is 0 Å². The van der Waals surface area contributed by atoms with Crippen LogP contribution in [0.1, 0.15) is 34.1 Å². The normalized spacial score (nSPS) is 14.5. The number of hydrogen-bond donors (Lipinski definition) is 0. The minimum atomic E-state index is -0.932. The molecule has 0 atom stereocenters. The molecule has 0 aliphatic rings. The van der Waals surface area contributed by atoms with Gasteiger partial charge in [-0.1, -0.05) is 25.2 Å². The largest absolute Gasteiger partial charge is 0.225 e. The Morgan fingerprint density at radius 2 is 2.00 bits per heavy atom. The molecule has 0 fully saturated rings. The second-order valence-electron chi connectivity index (χ2n) is 3.20. The van der Waals surface area contributed by atoms with E-state index in [4.69, 9.17) is 0 Å². The average molecular weight is 153 g/mol.